The van der Waals surface area contributed by atoms with Crippen molar-refractivity contribution in [2.45, 2.75) is 18.9 Å². The van der Waals surface area contributed by atoms with Gasteiger partial charge in [0.1, 0.15) is 6.07 Å². The quantitative estimate of drug-likeness (QED) is 0.436. The van der Waals surface area contributed by atoms with E-state index in [4.69, 9.17) is 0 Å². The molecule has 1 saturated heterocycles. The maximum atomic E-state index is 13.2. The Hall–Kier alpha value is -4.44. The molecule has 1 N–H and O–H groups in total. The Morgan fingerprint density at radius 1 is 1.09 bits per heavy atom. The van der Waals surface area contributed by atoms with Crippen LogP contribution in [0.3, 0.4) is 0 Å². The van der Waals surface area contributed by atoms with Gasteiger partial charge in [0, 0.05) is 47.8 Å². The second-order valence-corrected chi connectivity index (χ2v) is 8.67. The summed E-state index contributed by atoms with van der Waals surface area (Å²) in [6.07, 6.45) is 7.13. The summed E-state index contributed by atoms with van der Waals surface area (Å²) in [6.45, 7) is 1.59. The van der Waals surface area contributed by atoms with Gasteiger partial charge in [-0.25, -0.2) is 4.98 Å². The molecule has 0 spiro atoms. The van der Waals surface area contributed by atoms with Crippen molar-refractivity contribution in [1.82, 2.24) is 19.5 Å². The minimum absolute atomic E-state index is 0.00272. The van der Waals surface area contributed by atoms with Crippen molar-refractivity contribution >= 4 is 27.5 Å². The molecule has 1 fully saturated rings. The molecule has 1 aliphatic rings. The number of H-pyrrole nitrogens is 1. The minimum atomic E-state index is 0.00272. The van der Waals surface area contributed by atoms with Crippen molar-refractivity contribution in [1.29, 1.82) is 5.26 Å². The summed E-state index contributed by atoms with van der Waals surface area (Å²) in [5.74, 6) is 0. The summed E-state index contributed by atoms with van der Waals surface area (Å²) < 4.78 is 1.79. The lowest BCUT2D eigenvalue weighted by Crippen LogP contribution is -2.40. The van der Waals surface area contributed by atoms with E-state index in [1.807, 2.05) is 54.7 Å². The van der Waals surface area contributed by atoms with Crippen LogP contribution in [-0.2, 0) is 0 Å². The lowest BCUT2D eigenvalue weighted by molar-refractivity contribution is 0.395. The van der Waals surface area contributed by atoms with E-state index in [1.165, 1.54) is 0 Å². The number of nitrogens with zero attached hydrogens (tertiary/aromatic N) is 5. The van der Waals surface area contributed by atoms with Crippen molar-refractivity contribution in [3.63, 3.8) is 0 Å². The normalized spacial score (nSPS) is 16.1. The van der Waals surface area contributed by atoms with Crippen LogP contribution in [0.2, 0.25) is 0 Å². The molecule has 7 heteroatoms. The van der Waals surface area contributed by atoms with Gasteiger partial charge in [-0.1, -0.05) is 12.1 Å². The van der Waals surface area contributed by atoms with Gasteiger partial charge in [-0.05, 0) is 55.3 Å². The molecular formula is C27H22N6O. The van der Waals surface area contributed by atoms with Gasteiger partial charge in [0.2, 0.25) is 0 Å². The Morgan fingerprint density at radius 3 is 2.85 bits per heavy atom. The zero-order chi connectivity index (χ0) is 23.1. The van der Waals surface area contributed by atoms with Crippen LogP contribution in [-0.4, -0.2) is 32.6 Å². The number of nitrogens with one attached hydrogen (secondary N) is 1. The zero-order valence-corrected chi connectivity index (χ0v) is 18.5. The first-order chi connectivity index (χ1) is 16.7. The predicted molar refractivity (Wildman–Crippen MR) is 133 cm³/mol. The smallest absolute Gasteiger partial charge is 0.261 e. The third-order valence-electron chi connectivity index (χ3n) is 6.68. The Bertz CT molecular complexity index is 1610. The standard InChI is InChI=1S/C27H22N6O/c28-14-18-9-10-25(22-13-24(31-26(18)22)19-5-3-11-29-15-19)32-12-4-6-20(16-32)33-17-30-23-8-2-1-7-21(23)27(33)34/h1-3,5,7-11,13,15,17,20,31H,4,6,12,16H2. The molecule has 1 unspecified atom stereocenters. The van der Waals surface area contributed by atoms with E-state index in [1.54, 1.807) is 17.1 Å². The molecule has 0 aliphatic carbocycles. The highest BCUT2D eigenvalue weighted by Gasteiger charge is 2.25. The lowest BCUT2D eigenvalue weighted by Gasteiger charge is -2.35. The average Bonchev–Trinajstić information content (AvgIpc) is 3.35. The number of rotatable bonds is 3. The summed E-state index contributed by atoms with van der Waals surface area (Å²) >= 11 is 0. The molecule has 4 heterocycles. The lowest BCUT2D eigenvalue weighted by atomic mass is 10.0. The van der Waals surface area contributed by atoms with Gasteiger partial charge < -0.3 is 9.88 Å². The molecule has 2 aromatic carbocycles. The van der Waals surface area contributed by atoms with Gasteiger partial charge in [0.25, 0.3) is 5.56 Å². The number of benzene rings is 2. The van der Waals surface area contributed by atoms with Gasteiger partial charge >= 0.3 is 0 Å². The second-order valence-electron chi connectivity index (χ2n) is 8.67. The first-order valence-electron chi connectivity index (χ1n) is 11.4. The predicted octanol–water partition coefficient (Wildman–Crippen LogP) is 4.65. The van der Waals surface area contributed by atoms with Crippen molar-refractivity contribution < 1.29 is 0 Å². The number of pyridine rings is 1. The number of aromatic nitrogens is 4. The fourth-order valence-electron chi connectivity index (χ4n) is 4.99. The molecule has 6 rings (SSSR count). The number of para-hydroxylation sites is 1. The van der Waals surface area contributed by atoms with E-state index in [0.717, 1.165) is 52.8 Å². The van der Waals surface area contributed by atoms with Crippen LogP contribution >= 0.6 is 0 Å². The van der Waals surface area contributed by atoms with Crippen molar-refractivity contribution in [2.75, 3.05) is 18.0 Å². The first-order valence-corrected chi connectivity index (χ1v) is 11.4. The molecule has 3 aromatic heterocycles. The fraction of sp³-hybridized carbons (Fsp3) is 0.185. The molecule has 7 nitrogen and oxygen atoms in total. The van der Waals surface area contributed by atoms with E-state index in [2.05, 4.69) is 32.0 Å². The Kier molecular flexibility index (Phi) is 4.84. The molecule has 5 aromatic rings. The highest BCUT2D eigenvalue weighted by Crippen LogP contribution is 2.35. The van der Waals surface area contributed by atoms with Crippen molar-refractivity contribution in [3.8, 4) is 17.3 Å². The van der Waals surface area contributed by atoms with E-state index in [0.29, 0.717) is 17.5 Å². The highest BCUT2D eigenvalue weighted by atomic mass is 16.1. The molecule has 0 bridgehead atoms. The summed E-state index contributed by atoms with van der Waals surface area (Å²) in [4.78, 5) is 27.7. The highest BCUT2D eigenvalue weighted by molar-refractivity contribution is 5.99. The maximum Gasteiger partial charge on any atom is 0.261 e. The largest absolute Gasteiger partial charge is 0.369 e. The number of hydrogen-bond acceptors (Lipinski definition) is 5. The summed E-state index contributed by atoms with van der Waals surface area (Å²) in [5, 5.41) is 11.3. The summed E-state index contributed by atoms with van der Waals surface area (Å²) in [5.41, 5.74) is 5.12. The van der Waals surface area contributed by atoms with E-state index in [9.17, 15) is 10.1 Å². The van der Waals surface area contributed by atoms with Crippen LogP contribution in [0.25, 0.3) is 33.1 Å². The fourth-order valence-corrected chi connectivity index (χ4v) is 4.99. The van der Waals surface area contributed by atoms with Gasteiger partial charge in [-0.3, -0.25) is 14.3 Å². The molecule has 1 aliphatic heterocycles. The van der Waals surface area contributed by atoms with Crippen LogP contribution in [0.5, 0.6) is 0 Å². The number of piperidine rings is 1. The Morgan fingerprint density at radius 2 is 2.00 bits per heavy atom. The number of anilines is 1. The van der Waals surface area contributed by atoms with Crippen LogP contribution in [0.1, 0.15) is 24.4 Å². The van der Waals surface area contributed by atoms with Crippen molar-refractivity contribution in [3.05, 3.63) is 89.2 Å². The van der Waals surface area contributed by atoms with Gasteiger partial charge in [-0.2, -0.15) is 5.26 Å². The molecule has 0 saturated carbocycles. The summed E-state index contributed by atoms with van der Waals surface area (Å²) in [6, 6.07) is 19.7. The number of fused-ring (bicyclic) bond motifs is 2. The first kappa shape index (κ1) is 20.2. The molecule has 34 heavy (non-hydrogen) atoms. The van der Waals surface area contributed by atoms with E-state index >= 15 is 0 Å². The average molecular weight is 447 g/mol. The van der Waals surface area contributed by atoms with E-state index in [-0.39, 0.29) is 11.6 Å². The summed E-state index contributed by atoms with van der Waals surface area (Å²) in [7, 11) is 0. The van der Waals surface area contributed by atoms with Crippen LogP contribution in [0.15, 0.2) is 78.1 Å². The second kappa shape index (κ2) is 8.16. The number of hydrogen-bond donors (Lipinski definition) is 1. The maximum absolute atomic E-state index is 13.2. The molecule has 166 valence electrons. The van der Waals surface area contributed by atoms with Gasteiger partial charge in [-0.15, -0.1) is 0 Å². The molecule has 0 amide bonds. The molecule has 1 atom stereocenters. The monoisotopic (exact) mass is 446 g/mol. The van der Waals surface area contributed by atoms with Crippen LogP contribution < -0.4 is 10.5 Å². The molecular weight excluding hydrogens is 424 g/mol. The van der Waals surface area contributed by atoms with Gasteiger partial charge in [0.15, 0.2) is 0 Å². The van der Waals surface area contributed by atoms with Crippen LogP contribution in [0, 0.1) is 11.3 Å². The molecule has 0 radical (unpaired) electrons. The van der Waals surface area contributed by atoms with E-state index < -0.39 is 0 Å². The Balaban J connectivity index is 1.40. The SMILES string of the molecule is N#Cc1ccc(N2CCCC(n3cnc4ccccc4c3=O)C2)c2cc(-c3cccnc3)[nH]c12. The Labute approximate surface area is 195 Å². The zero-order valence-electron chi connectivity index (χ0n) is 18.5. The topological polar surface area (TPSA) is 90.6 Å². The van der Waals surface area contributed by atoms with Gasteiger partial charge in [0.05, 0.1) is 34.4 Å². The van der Waals surface area contributed by atoms with Crippen molar-refractivity contribution in [2.24, 2.45) is 0 Å². The number of aromatic amines is 1. The minimum Gasteiger partial charge on any atom is -0.369 e. The van der Waals surface area contributed by atoms with Crippen LogP contribution in [0.4, 0.5) is 5.69 Å². The third-order valence-corrected chi connectivity index (χ3v) is 6.68. The number of nitriles is 1. The third kappa shape index (κ3) is 3.32.